The third kappa shape index (κ3) is 1.82. The van der Waals surface area contributed by atoms with Crippen molar-refractivity contribution in [3.05, 3.63) is 35.9 Å². The standard InChI is InChI=1S/C17H24/c1-12-9-14-15(13-7-5-4-6-8-13)11-17(2,3)16(14)10-12/h4-8,12,14-16H,9-11H2,1-3H3. The summed E-state index contributed by atoms with van der Waals surface area (Å²) in [5.74, 6) is 3.67. The third-order valence-electron chi connectivity index (χ3n) is 5.34. The zero-order valence-corrected chi connectivity index (χ0v) is 11.3. The van der Waals surface area contributed by atoms with E-state index in [1.165, 1.54) is 19.3 Å². The summed E-state index contributed by atoms with van der Waals surface area (Å²) in [4.78, 5) is 0. The number of hydrogen-bond acceptors (Lipinski definition) is 0. The Balaban J connectivity index is 1.93. The van der Waals surface area contributed by atoms with Crippen molar-refractivity contribution in [3.63, 3.8) is 0 Å². The molecule has 0 nitrogen and oxygen atoms in total. The van der Waals surface area contributed by atoms with Crippen molar-refractivity contribution in [3.8, 4) is 0 Å². The lowest BCUT2D eigenvalue weighted by Crippen LogP contribution is -2.18. The van der Waals surface area contributed by atoms with Gasteiger partial charge in [-0.2, -0.15) is 0 Å². The van der Waals surface area contributed by atoms with Crippen LogP contribution in [0.1, 0.15) is 51.5 Å². The molecule has 4 atom stereocenters. The van der Waals surface area contributed by atoms with Gasteiger partial charge in [-0.3, -0.25) is 0 Å². The number of fused-ring (bicyclic) bond motifs is 1. The minimum absolute atomic E-state index is 0.552. The van der Waals surface area contributed by atoms with Gasteiger partial charge in [0.25, 0.3) is 0 Å². The molecule has 0 aliphatic heterocycles. The van der Waals surface area contributed by atoms with E-state index in [1.54, 1.807) is 5.56 Å². The molecule has 2 saturated carbocycles. The van der Waals surface area contributed by atoms with Crippen molar-refractivity contribution in [1.29, 1.82) is 0 Å². The smallest absolute Gasteiger partial charge is 0.0125 e. The van der Waals surface area contributed by atoms with Gasteiger partial charge in [-0.1, -0.05) is 51.1 Å². The van der Waals surface area contributed by atoms with Gasteiger partial charge < -0.3 is 0 Å². The molecule has 0 saturated heterocycles. The molecule has 0 heterocycles. The van der Waals surface area contributed by atoms with Crippen LogP contribution in [0, 0.1) is 23.2 Å². The van der Waals surface area contributed by atoms with E-state index in [1.807, 2.05) is 0 Å². The van der Waals surface area contributed by atoms with E-state index in [9.17, 15) is 0 Å². The van der Waals surface area contributed by atoms with Crippen molar-refractivity contribution in [1.82, 2.24) is 0 Å². The first-order chi connectivity index (χ1) is 8.08. The second kappa shape index (κ2) is 3.86. The van der Waals surface area contributed by atoms with Crippen molar-refractivity contribution < 1.29 is 0 Å². The highest BCUT2D eigenvalue weighted by Crippen LogP contribution is 2.61. The summed E-state index contributed by atoms with van der Waals surface area (Å²) in [5, 5.41) is 0. The van der Waals surface area contributed by atoms with E-state index in [0.717, 1.165) is 23.7 Å². The summed E-state index contributed by atoms with van der Waals surface area (Å²) in [5.41, 5.74) is 2.14. The largest absolute Gasteiger partial charge is 0.0625 e. The van der Waals surface area contributed by atoms with Gasteiger partial charge in [0.2, 0.25) is 0 Å². The summed E-state index contributed by atoms with van der Waals surface area (Å²) >= 11 is 0. The predicted octanol–water partition coefficient (Wildman–Crippen LogP) is 4.86. The fraction of sp³-hybridized carbons (Fsp3) is 0.647. The van der Waals surface area contributed by atoms with Crippen LogP contribution in [0.25, 0.3) is 0 Å². The molecule has 0 bridgehead atoms. The summed E-state index contributed by atoms with van der Waals surface area (Å²) in [6.45, 7) is 7.42. The molecule has 2 aliphatic carbocycles. The van der Waals surface area contributed by atoms with Gasteiger partial charge in [0.15, 0.2) is 0 Å². The van der Waals surface area contributed by atoms with E-state index in [-0.39, 0.29) is 0 Å². The van der Waals surface area contributed by atoms with Gasteiger partial charge in [-0.05, 0) is 53.9 Å². The molecule has 92 valence electrons. The number of rotatable bonds is 1. The first-order valence-corrected chi connectivity index (χ1v) is 7.13. The molecule has 0 N–H and O–H groups in total. The van der Waals surface area contributed by atoms with Crippen molar-refractivity contribution >= 4 is 0 Å². The molecule has 3 rings (SSSR count). The van der Waals surface area contributed by atoms with Gasteiger partial charge >= 0.3 is 0 Å². The Morgan fingerprint density at radius 1 is 1.06 bits per heavy atom. The van der Waals surface area contributed by atoms with E-state index in [4.69, 9.17) is 0 Å². The molecular weight excluding hydrogens is 204 g/mol. The molecule has 2 fully saturated rings. The Morgan fingerprint density at radius 2 is 1.76 bits per heavy atom. The fourth-order valence-corrected chi connectivity index (χ4v) is 4.61. The van der Waals surface area contributed by atoms with Gasteiger partial charge in [-0.15, -0.1) is 0 Å². The monoisotopic (exact) mass is 228 g/mol. The normalized spacial score (nSPS) is 39.2. The fourth-order valence-electron chi connectivity index (χ4n) is 4.61. The maximum Gasteiger partial charge on any atom is -0.0125 e. The van der Waals surface area contributed by atoms with Crippen LogP contribution in [0.15, 0.2) is 30.3 Å². The molecule has 1 aromatic carbocycles. The Kier molecular flexibility index (Phi) is 2.57. The Morgan fingerprint density at radius 3 is 2.47 bits per heavy atom. The second-order valence-corrected chi connectivity index (χ2v) is 7.06. The second-order valence-electron chi connectivity index (χ2n) is 7.06. The minimum Gasteiger partial charge on any atom is -0.0625 e. The van der Waals surface area contributed by atoms with Crippen molar-refractivity contribution in [2.24, 2.45) is 23.2 Å². The summed E-state index contributed by atoms with van der Waals surface area (Å²) in [7, 11) is 0. The minimum atomic E-state index is 0.552. The van der Waals surface area contributed by atoms with Crippen molar-refractivity contribution in [2.45, 2.75) is 46.0 Å². The van der Waals surface area contributed by atoms with Gasteiger partial charge in [0.1, 0.15) is 0 Å². The maximum atomic E-state index is 2.49. The molecule has 0 amide bonds. The number of hydrogen-bond donors (Lipinski definition) is 0. The number of benzene rings is 1. The highest BCUT2D eigenvalue weighted by molar-refractivity contribution is 5.24. The summed E-state index contributed by atoms with van der Waals surface area (Å²) < 4.78 is 0. The first-order valence-electron chi connectivity index (χ1n) is 7.13. The average molecular weight is 228 g/mol. The van der Waals surface area contributed by atoms with Crippen LogP contribution in [0.3, 0.4) is 0 Å². The zero-order chi connectivity index (χ0) is 12.0. The Bertz CT molecular complexity index is 390. The van der Waals surface area contributed by atoms with Crippen LogP contribution in [-0.4, -0.2) is 0 Å². The first kappa shape index (κ1) is 11.3. The lowest BCUT2D eigenvalue weighted by molar-refractivity contribution is 0.236. The van der Waals surface area contributed by atoms with Crippen LogP contribution in [0.5, 0.6) is 0 Å². The van der Waals surface area contributed by atoms with E-state index in [2.05, 4.69) is 51.1 Å². The van der Waals surface area contributed by atoms with Crippen LogP contribution in [0.4, 0.5) is 0 Å². The lowest BCUT2D eigenvalue weighted by atomic mass is 9.79. The Hall–Kier alpha value is -0.780. The predicted molar refractivity (Wildman–Crippen MR) is 73.0 cm³/mol. The van der Waals surface area contributed by atoms with Crippen LogP contribution < -0.4 is 0 Å². The molecule has 0 radical (unpaired) electrons. The third-order valence-corrected chi connectivity index (χ3v) is 5.34. The molecule has 0 spiro atoms. The van der Waals surface area contributed by atoms with Gasteiger partial charge in [0.05, 0.1) is 0 Å². The zero-order valence-electron chi connectivity index (χ0n) is 11.3. The van der Waals surface area contributed by atoms with Crippen LogP contribution in [-0.2, 0) is 0 Å². The quantitative estimate of drug-likeness (QED) is 0.643. The van der Waals surface area contributed by atoms with Gasteiger partial charge in [-0.25, -0.2) is 0 Å². The SMILES string of the molecule is CC1CC2C(c3ccccc3)CC(C)(C)C2C1. The topological polar surface area (TPSA) is 0 Å². The molecule has 17 heavy (non-hydrogen) atoms. The molecule has 0 aromatic heterocycles. The lowest BCUT2D eigenvalue weighted by Gasteiger charge is -2.26. The Labute approximate surface area is 105 Å². The van der Waals surface area contributed by atoms with E-state index < -0.39 is 0 Å². The highest BCUT2D eigenvalue weighted by atomic mass is 14.6. The van der Waals surface area contributed by atoms with Gasteiger partial charge in [0, 0.05) is 0 Å². The molecule has 4 unspecified atom stereocenters. The van der Waals surface area contributed by atoms with E-state index >= 15 is 0 Å². The molecule has 1 aromatic rings. The molecular formula is C17H24. The van der Waals surface area contributed by atoms with E-state index in [0.29, 0.717) is 5.41 Å². The average Bonchev–Trinajstić information content (AvgIpc) is 2.79. The molecule has 0 heteroatoms. The van der Waals surface area contributed by atoms with Crippen molar-refractivity contribution in [2.75, 3.05) is 0 Å². The summed E-state index contributed by atoms with van der Waals surface area (Å²) in [6, 6.07) is 11.2. The highest BCUT2D eigenvalue weighted by Gasteiger charge is 2.51. The molecule has 2 aliphatic rings. The van der Waals surface area contributed by atoms with Crippen LogP contribution >= 0.6 is 0 Å². The maximum absolute atomic E-state index is 2.49. The summed E-state index contributed by atoms with van der Waals surface area (Å²) in [6.07, 6.45) is 4.30. The van der Waals surface area contributed by atoms with Crippen LogP contribution in [0.2, 0.25) is 0 Å².